The first kappa shape index (κ1) is 16.0. The second-order valence-electron chi connectivity index (χ2n) is 5.49. The van der Waals surface area contributed by atoms with Gasteiger partial charge in [-0.05, 0) is 36.8 Å². The Balaban J connectivity index is 1.58. The van der Waals surface area contributed by atoms with Gasteiger partial charge >= 0.3 is 0 Å². The quantitative estimate of drug-likeness (QED) is 0.918. The maximum absolute atomic E-state index is 13.1. The average Bonchev–Trinajstić information content (AvgIpc) is 2.99. The molecule has 124 valence electrons. The van der Waals surface area contributed by atoms with E-state index in [2.05, 4.69) is 5.32 Å². The molecule has 2 aromatic carbocycles. The van der Waals surface area contributed by atoms with Gasteiger partial charge in [-0.1, -0.05) is 12.1 Å². The molecular formula is C18H17FN2O3. The zero-order valence-corrected chi connectivity index (χ0v) is 13.0. The number of amides is 2. The maximum Gasteiger partial charge on any atom is 0.262 e. The molecule has 0 aliphatic carbocycles. The van der Waals surface area contributed by atoms with Gasteiger partial charge in [0.1, 0.15) is 11.6 Å². The standard InChI is InChI=1S/C18H17FN2O3/c19-13-4-1-5-14(10-13)20-17(22)12-24-16-7-2-6-15(11-16)21-9-3-8-18(21)23/h1-2,4-7,10-11H,3,8-9,12H2,(H,20,22). The lowest BCUT2D eigenvalue weighted by molar-refractivity contribution is -0.118. The smallest absolute Gasteiger partial charge is 0.262 e. The molecule has 0 saturated carbocycles. The number of benzene rings is 2. The predicted octanol–water partition coefficient (Wildman–Crippen LogP) is 2.97. The molecule has 0 spiro atoms. The average molecular weight is 328 g/mol. The van der Waals surface area contributed by atoms with E-state index in [0.717, 1.165) is 12.1 Å². The van der Waals surface area contributed by atoms with Gasteiger partial charge in [-0.15, -0.1) is 0 Å². The number of anilines is 2. The molecule has 24 heavy (non-hydrogen) atoms. The van der Waals surface area contributed by atoms with Gasteiger partial charge in [0.2, 0.25) is 5.91 Å². The molecule has 6 heteroatoms. The van der Waals surface area contributed by atoms with Gasteiger partial charge < -0.3 is 15.0 Å². The van der Waals surface area contributed by atoms with E-state index in [1.54, 1.807) is 29.2 Å². The van der Waals surface area contributed by atoms with Crippen LogP contribution < -0.4 is 15.0 Å². The van der Waals surface area contributed by atoms with E-state index >= 15 is 0 Å². The Hall–Kier alpha value is -2.89. The summed E-state index contributed by atoms with van der Waals surface area (Å²) in [6.45, 7) is 0.496. The molecule has 3 rings (SSSR count). The van der Waals surface area contributed by atoms with Crippen LogP contribution in [0.25, 0.3) is 0 Å². The van der Waals surface area contributed by atoms with Crippen LogP contribution in [0.15, 0.2) is 48.5 Å². The number of halogens is 1. The number of carbonyl (C=O) groups excluding carboxylic acids is 2. The summed E-state index contributed by atoms with van der Waals surface area (Å²) in [5, 5.41) is 2.56. The molecule has 0 unspecified atom stereocenters. The summed E-state index contributed by atoms with van der Waals surface area (Å²) in [5.74, 6) is -0.211. The first-order valence-electron chi connectivity index (χ1n) is 7.70. The molecule has 1 saturated heterocycles. The molecule has 0 radical (unpaired) electrons. The van der Waals surface area contributed by atoms with Gasteiger partial charge in [-0.3, -0.25) is 9.59 Å². The van der Waals surface area contributed by atoms with Crippen molar-refractivity contribution < 1.29 is 18.7 Å². The van der Waals surface area contributed by atoms with Crippen LogP contribution in [0, 0.1) is 5.82 Å². The van der Waals surface area contributed by atoms with Crippen molar-refractivity contribution in [1.29, 1.82) is 0 Å². The molecule has 0 aromatic heterocycles. The SMILES string of the molecule is O=C(COc1cccc(N2CCCC2=O)c1)Nc1cccc(F)c1. The molecule has 0 atom stereocenters. The normalized spacial score (nSPS) is 13.9. The van der Waals surface area contributed by atoms with Gasteiger partial charge in [-0.25, -0.2) is 4.39 Å². The second kappa shape index (κ2) is 7.12. The number of rotatable bonds is 5. The van der Waals surface area contributed by atoms with Crippen molar-refractivity contribution in [2.24, 2.45) is 0 Å². The highest BCUT2D eigenvalue weighted by Gasteiger charge is 2.21. The summed E-state index contributed by atoms with van der Waals surface area (Å²) in [4.78, 5) is 25.3. The van der Waals surface area contributed by atoms with Crippen molar-refractivity contribution in [3.05, 3.63) is 54.3 Å². The summed E-state index contributed by atoms with van der Waals surface area (Å²) < 4.78 is 18.5. The van der Waals surface area contributed by atoms with Crippen molar-refractivity contribution >= 4 is 23.2 Å². The predicted molar refractivity (Wildman–Crippen MR) is 88.6 cm³/mol. The van der Waals surface area contributed by atoms with E-state index in [0.29, 0.717) is 24.4 Å². The van der Waals surface area contributed by atoms with Gasteiger partial charge in [0.05, 0.1) is 0 Å². The van der Waals surface area contributed by atoms with Crippen molar-refractivity contribution in [3.63, 3.8) is 0 Å². The lowest BCUT2D eigenvalue weighted by Crippen LogP contribution is -2.24. The Morgan fingerprint density at radius 3 is 2.79 bits per heavy atom. The third-order valence-electron chi connectivity index (χ3n) is 3.68. The zero-order valence-electron chi connectivity index (χ0n) is 13.0. The second-order valence-corrected chi connectivity index (χ2v) is 5.49. The van der Waals surface area contributed by atoms with Crippen molar-refractivity contribution in [1.82, 2.24) is 0 Å². The summed E-state index contributed by atoms with van der Waals surface area (Å²) in [6.07, 6.45) is 1.40. The van der Waals surface area contributed by atoms with E-state index in [1.807, 2.05) is 6.07 Å². The molecule has 1 aliphatic heterocycles. The van der Waals surface area contributed by atoms with Crippen LogP contribution >= 0.6 is 0 Å². The van der Waals surface area contributed by atoms with E-state index < -0.39 is 5.82 Å². The van der Waals surface area contributed by atoms with Crippen molar-refractivity contribution in [2.75, 3.05) is 23.4 Å². The number of ether oxygens (including phenoxy) is 1. The van der Waals surface area contributed by atoms with Crippen LogP contribution in [-0.2, 0) is 9.59 Å². The lowest BCUT2D eigenvalue weighted by Gasteiger charge is -2.16. The summed E-state index contributed by atoms with van der Waals surface area (Å²) in [6, 6.07) is 12.7. The van der Waals surface area contributed by atoms with Crippen molar-refractivity contribution in [3.8, 4) is 5.75 Å². The highest BCUT2D eigenvalue weighted by molar-refractivity contribution is 5.95. The minimum absolute atomic E-state index is 0.0935. The molecule has 2 aromatic rings. The Morgan fingerprint density at radius 2 is 2.04 bits per heavy atom. The van der Waals surface area contributed by atoms with Crippen LogP contribution in [0.2, 0.25) is 0 Å². The molecule has 1 N–H and O–H groups in total. The topological polar surface area (TPSA) is 58.6 Å². The third-order valence-corrected chi connectivity index (χ3v) is 3.68. The van der Waals surface area contributed by atoms with Crippen LogP contribution in [0.3, 0.4) is 0 Å². The highest BCUT2D eigenvalue weighted by atomic mass is 19.1. The number of carbonyl (C=O) groups is 2. The van der Waals surface area contributed by atoms with Gasteiger partial charge in [0.25, 0.3) is 5.91 Å². The van der Waals surface area contributed by atoms with Crippen LogP contribution in [0.4, 0.5) is 15.8 Å². The Morgan fingerprint density at radius 1 is 1.21 bits per heavy atom. The van der Waals surface area contributed by atoms with Crippen LogP contribution in [0.1, 0.15) is 12.8 Å². The highest BCUT2D eigenvalue weighted by Crippen LogP contribution is 2.25. The number of hydrogen-bond donors (Lipinski definition) is 1. The molecule has 1 heterocycles. The van der Waals surface area contributed by atoms with E-state index in [-0.39, 0.29) is 18.4 Å². The molecule has 1 aliphatic rings. The monoisotopic (exact) mass is 328 g/mol. The summed E-state index contributed by atoms with van der Waals surface area (Å²) in [7, 11) is 0. The molecule has 5 nitrogen and oxygen atoms in total. The molecule has 2 amide bonds. The maximum atomic E-state index is 13.1. The minimum Gasteiger partial charge on any atom is -0.484 e. The van der Waals surface area contributed by atoms with E-state index in [4.69, 9.17) is 4.74 Å². The fourth-order valence-corrected chi connectivity index (χ4v) is 2.57. The van der Waals surface area contributed by atoms with E-state index in [9.17, 15) is 14.0 Å². The molecule has 1 fully saturated rings. The van der Waals surface area contributed by atoms with Gasteiger partial charge in [0.15, 0.2) is 6.61 Å². The number of hydrogen-bond acceptors (Lipinski definition) is 3. The fourth-order valence-electron chi connectivity index (χ4n) is 2.57. The van der Waals surface area contributed by atoms with Gasteiger partial charge in [0, 0.05) is 30.4 Å². The number of nitrogens with one attached hydrogen (secondary N) is 1. The first-order chi connectivity index (χ1) is 11.6. The number of nitrogens with zero attached hydrogens (tertiary/aromatic N) is 1. The Kier molecular flexibility index (Phi) is 4.74. The van der Waals surface area contributed by atoms with E-state index in [1.165, 1.54) is 18.2 Å². The van der Waals surface area contributed by atoms with Crippen LogP contribution in [-0.4, -0.2) is 25.0 Å². The fraction of sp³-hybridized carbons (Fsp3) is 0.222. The minimum atomic E-state index is -0.420. The van der Waals surface area contributed by atoms with Crippen LogP contribution in [0.5, 0.6) is 5.75 Å². The first-order valence-corrected chi connectivity index (χ1v) is 7.70. The third kappa shape index (κ3) is 3.90. The molecular weight excluding hydrogens is 311 g/mol. The van der Waals surface area contributed by atoms with Gasteiger partial charge in [-0.2, -0.15) is 0 Å². The Labute approximate surface area is 139 Å². The summed E-state index contributed by atoms with van der Waals surface area (Å²) >= 11 is 0. The lowest BCUT2D eigenvalue weighted by atomic mass is 10.3. The van der Waals surface area contributed by atoms with Crippen molar-refractivity contribution in [2.45, 2.75) is 12.8 Å². The Bertz CT molecular complexity index is 763. The molecule has 0 bridgehead atoms. The zero-order chi connectivity index (χ0) is 16.9. The summed E-state index contributed by atoms with van der Waals surface area (Å²) in [5.41, 5.74) is 1.14. The largest absolute Gasteiger partial charge is 0.484 e.